The van der Waals surface area contributed by atoms with E-state index in [2.05, 4.69) is 51.8 Å². The van der Waals surface area contributed by atoms with Crippen LogP contribution in [0.5, 0.6) is 0 Å². The topological polar surface area (TPSA) is 77.8 Å². The smallest absolute Gasteiger partial charge is 0.292 e. The van der Waals surface area contributed by atoms with Crippen molar-refractivity contribution in [3.8, 4) is 22.6 Å². The van der Waals surface area contributed by atoms with Crippen LogP contribution in [0.25, 0.3) is 22.6 Å². The Bertz CT molecular complexity index is 941. The zero-order valence-corrected chi connectivity index (χ0v) is 17.4. The lowest BCUT2D eigenvalue weighted by atomic mass is 10.2. The first kappa shape index (κ1) is 19.0. The van der Waals surface area contributed by atoms with Crippen LogP contribution < -0.4 is 0 Å². The van der Waals surface area contributed by atoms with Gasteiger partial charge in [-0.25, -0.2) is 19.9 Å². The Hall–Kier alpha value is -1.74. The predicted molar refractivity (Wildman–Crippen MR) is 105 cm³/mol. The molecule has 132 valence electrons. The summed E-state index contributed by atoms with van der Waals surface area (Å²) >= 11 is 17.6. The molecule has 26 heavy (non-hydrogen) atoms. The fourth-order valence-electron chi connectivity index (χ4n) is 1.88. The number of hydrogen-bond donors (Lipinski definition) is 0. The molecule has 0 unspecified atom stereocenters. The van der Waals surface area contributed by atoms with Gasteiger partial charge in [0.1, 0.15) is 9.21 Å². The van der Waals surface area contributed by atoms with E-state index in [1.807, 2.05) is 24.3 Å². The molecular formula is C16H8Br2Cl2N4O2. The number of oxazole rings is 2. The molecule has 0 amide bonds. The van der Waals surface area contributed by atoms with Gasteiger partial charge < -0.3 is 8.83 Å². The van der Waals surface area contributed by atoms with Crippen molar-refractivity contribution in [2.75, 3.05) is 0 Å². The van der Waals surface area contributed by atoms with Crippen molar-refractivity contribution in [2.24, 2.45) is 0 Å². The van der Waals surface area contributed by atoms with E-state index in [-0.39, 0.29) is 10.7 Å². The third-order valence-electron chi connectivity index (χ3n) is 2.98. The maximum atomic E-state index is 5.54. The molecule has 4 aromatic heterocycles. The number of hydrogen-bond acceptors (Lipinski definition) is 6. The quantitative estimate of drug-likeness (QED) is 0.290. The van der Waals surface area contributed by atoms with Crippen LogP contribution in [0.3, 0.4) is 0 Å². The molecule has 0 N–H and O–H groups in total. The molecule has 0 aliphatic heterocycles. The highest BCUT2D eigenvalue weighted by Gasteiger charge is 2.05. The van der Waals surface area contributed by atoms with Gasteiger partial charge in [0, 0.05) is 23.5 Å². The molecule has 0 saturated carbocycles. The van der Waals surface area contributed by atoms with Crippen molar-refractivity contribution in [2.45, 2.75) is 0 Å². The van der Waals surface area contributed by atoms with E-state index in [9.17, 15) is 0 Å². The van der Waals surface area contributed by atoms with E-state index in [0.717, 1.165) is 20.3 Å². The van der Waals surface area contributed by atoms with Gasteiger partial charge in [0.2, 0.25) is 0 Å². The van der Waals surface area contributed by atoms with Crippen LogP contribution in [0, 0.1) is 0 Å². The van der Waals surface area contributed by atoms with Gasteiger partial charge in [-0.2, -0.15) is 0 Å². The summed E-state index contributed by atoms with van der Waals surface area (Å²) in [6.07, 6.45) is 6.50. The van der Waals surface area contributed by atoms with Crippen molar-refractivity contribution in [3.63, 3.8) is 0 Å². The number of halogens is 4. The van der Waals surface area contributed by atoms with Gasteiger partial charge in [0.25, 0.3) is 10.7 Å². The van der Waals surface area contributed by atoms with Crippen molar-refractivity contribution < 1.29 is 8.83 Å². The first-order chi connectivity index (χ1) is 12.5. The fourth-order valence-corrected chi connectivity index (χ4v) is 2.88. The number of pyridine rings is 2. The highest BCUT2D eigenvalue weighted by Crippen LogP contribution is 2.24. The minimum atomic E-state index is 0.142. The maximum absolute atomic E-state index is 5.54. The summed E-state index contributed by atoms with van der Waals surface area (Å²) in [5, 5.41) is 0.283. The van der Waals surface area contributed by atoms with Crippen molar-refractivity contribution in [3.05, 3.63) is 69.0 Å². The van der Waals surface area contributed by atoms with Crippen LogP contribution in [0.15, 0.2) is 67.1 Å². The molecule has 0 saturated heterocycles. The van der Waals surface area contributed by atoms with Gasteiger partial charge in [-0.1, -0.05) is 0 Å². The second-order valence-electron chi connectivity index (χ2n) is 4.69. The Balaban J connectivity index is 0.000000151. The third-order valence-corrected chi connectivity index (χ3v) is 4.19. The monoisotopic (exact) mass is 516 g/mol. The molecule has 4 aromatic rings. The van der Waals surface area contributed by atoms with Crippen LogP contribution in [-0.2, 0) is 0 Å². The van der Waals surface area contributed by atoms with E-state index >= 15 is 0 Å². The third kappa shape index (κ3) is 5.14. The average Bonchev–Trinajstić information content (AvgIpc) is 3.24. The average molecular weight is 519 g/mol. The summed E-state index contributed by atoms with van der Waals surface area (Å²) in [7, 11) is 0. The van der Waals surface area contributed by atoms with Crippen LogP contribution in [-0.4, -0.2) is 19.9 Å². The van der Waals surface area contributed by atoms with Gasteiger partial charge in [-0.15, -0.1) is 0 Å². The van der Waals surface area contributed by atoms with Crippen molar-refractivity contribution in [1.29, 1.82) is 0 Å². The van der Waals surface area contributed by atoms with Crippen molar-refractivity contribution in [1.82, 2.24) is 19.9 Å². The predicted octanol–water partition coefficient (Wildman–Crippen LogP) is 6.31. The van der Waals surface area contributed by atoms with Gasteiger partial charge >= 0.3 is 0 Å². The molecular weight excluding hydrogens is 511 g/mol. The second kappa shape index (κ2) is 8.77. The summed E-state index contributed by atoms with van der Waals surface area (Å²) < 4.78 is 11.8. The van der Waals surface area contributed by atoms with Crippen LogP contribution in [0.2, 0.25) is 10.7 Å². The molecule has 4 heterocycles. The van der Waals surface area contributed by atoms with E-state index in [1.165, 1.54) is 0 Å². The van der Waals surface area contributed by atoms with E-state index in [0.29, 0.717) is 11.5 Å². The minimum Gasteiger partial charge on any atom is -0.428 e. The Morgan fingerprint density at radius 2 is 1.12 bits per heavy atom. The van der Waals surface area contributed by atoms with Crippen LogP contribution in [0.4, 0.5) is 0 Å². The normalized spacial score (nSPS) is 10.3. The Labute approximate surface area is 174 Å². The molecule has 0 radical (unpaired) electrons. The standard InChI is InChI=1S/2C8H4BrClN2O/c2*9-7-3-5(1-2-11-7)6-4-12-8(10)13-6/h2*1-4H. The number of rotatable bonds is 2. The van der Waals surface area contributed by atoms with Crippen molar-refractivity contribution >= 4 is 55.1 Å². The highest BCUT2D eigenvalue weighted by molar-refractivity contribution is 9.10. The summed E-state index contributed by atoms with van der Waals surface area (Å²) in [6, 6.07) is 7.30. The molecule has 0 atom stereocenters. The Morgan fingerprint density at radius 3 is 1.42 bits per heavy atom. The highest BCUT2D eigenvalue weighted by atomic mass is 79.9. The first-order valence-corrected chi connectivity index (χ1v) is 9.32. The zero-order valence-electron chi connectivity index (χ0n) is 12.7. The van der Waals surface area contributed by atoms with Crippen LogP contribution in [0.1, 0.15) is 0 Å². The molecule has 6 nitrogen and oxygen atoms in total. The van der Waals surface area contributed by atoms with Gasteiger partial charge in [0.15, 0.2) is 11.5 Å². The SMILES string of the molecule is Clc1ncc(-c2ccnc(Br)c2)o1.Clc1ncc(-c2ccnc(Br)c2)o1. The van der Waals surface area contributed by atoms with Gasteiger partial charge in [-0.3, -0.25) is 0 Å². The lowest BCUT2D eigenvalue weighted by molar-refractivity contribution is 0.574. The van der Waals surface area contributed by atoms with Gasteiger partial charge in [-0.05, 0) is 79.3 Å². The van der Waals surface area contributed by atoms with Crippen LogP contribution >= 0.6 is 55.1 Å². The van der Waals surface area contributed by atoms with E-state index in [1.54, 1.807) is 24.8 Å². The first-order valence-electron chi connectivity index (χ1n) is 6.98. The Morgan fingerprint density at radius 1 is 0.692 bits per heavy atom. The summed E-state index contributed by atoms with van der Waals surface area (Å²) in [4.78, 5) is 15.6. The molecule has 0 spiro atoms. The molecule has 0 fully saturated rings. The number of aromatic nitrogens is 4. The Kier molecular flexibility index (Phi) is 6.42. The summed E-state index contributed by atoms with van der Waals surface area (Å²) in [5.74, 6) is 1.27. The van der Waals surface area contributed by atoms with E-state index < -0.39 is 0 Å². The lowest BCUT2D eigenvalue weighted by Crippen LogP contribution is -1.76. The fraction of sp³-hybridized carbons (Fsp3) is 0. The zero-order chi connectivity index (χ0) is 18.5. The minimum absolute atomic E-state index is 0.142. The van der Waals surface area contributed by atoms with Gasteiger partial charge in [0.05, 0.1) is 12.4 Å². The molecule has 4 rings (SSSR count). The second-order valence-corrected chi connectivity index (χ2v) is 6.96. The largest absolute Gasteiger partial charge is 0.428 e. The molecule has 0 aliphatic carbocycles. The summed E-state index contributed by atoms with van der Waals surface area (Å²) in [6.45, 7) is 0. The number of nitrogens with zero attached hydrogens (tertiary/aromatic N) is 4. The molecule has 0 aliphatic rings. The summed E-state index contributed by atoms with van der Waals surface area (Å²) in [5.41, 5.74) is 1.78. The lowest BCUT2D eigenvalue weighted by Gasteiger charge is -1.94. The van der Waals surface area contributed by atoms with E-state index in [4.69, 9.17) is 32.0 Å². The maximum Gasteiger partial charge on any atom is 0.292 e. The molecule has 0 aromatic carbocycles. The molecule has 10 heteroatoms. The molecule has 0 bridgehead atoms.